The number of nitrogens with zero attached hydrogens (tertiary/aromatic N) is 1. The Hall–Kier alpha value is -2.31. The topological polar surface area (TPSA) is 41.6 Å². The number of hydrogen-bond acceptors (Lipinski definition) is 3. The molecule has 0 aromatic heterocycles. The predicted octanol–water partition coefficient (Wildman–Crippen LogP) is 3.50. The first-order chi connectivity index (χ1) is 12.9. The van der Waals surface area contributed by atoms with Crippen LogP contribution < -0.4 is 5.32 Å². The summed E-state index contributed by atoms with van der Waals surface area (Å²) in [5, 5.41) is 3.19. The van der Waals surface area contributed by atoms with E-state index in [9.17, 15) is 13.6 Å². The van der Waals surface area contributed by atoms with Gasteiger partial charge < -0.3 is 15.0 Å². The lowest BCUT2D eigenvalue weighted by Crippen LogP contribution is -2.48. The summed E-state index contributed by atoms with van der Waals surface area (Å²) >= 11 is 0. The quantitative estimate of drug-likeness (QED) is 0.871. The molecule has 144 valence electrons. The van der Waals surface area contributed by atoms with Crippen molar-refractivity contribution in [1.29, 1.82) is 0 Å². The molecular weight excluding hydrogens is 350 g/mol. The second kappa shape index (κ2) is 8.59. The van der Waals surface area contributed by atoms with E-state index in [4.69, 9.17) is 4.74 Å². The van der Waals surface area contributed by atoms with Gasteiger partial charge in [0.25, 0.3) is 5.91 Å². The van der Waals surface area contributed by atoms with Crippen LogP contribution in [0.1, 0.15) is 35.3 Å². The van der Waals surface area contributed by atoms with E-state index in [-0.39, 0.29) is 18.1 Å². The number of amides is 1. The molecule has 0 spiro atoms. The molecule has 0 bridgehead atoms. The first-order valence-corrected chi connectivity index (χ1v) is 9.10. The molecule has 2 unspecified atom stereocenters. The minimum absolute atomic E-state index is 0.0123. The van der Waals surface area contributed by atoms with Crippen LogP contribution in [0, 0.1) is 11.6 Å². The number of ether oxygens (including phenoxy) is 1. The summed E-state index contributed by atoms with van der Waals surface area (Å²) in [6.07, 6.45) is 0.0787. The van der Waals surface area contributed by atoms with Crippen LogP contribution in [0.5, 0.6) is 0 Å². The van der Waals surface area contributed by atoms with Gasteiger partial charge in [-0.15, -0.1) is 0 Å². The van der Waals surface area contributed by atoms with Crippen molar-refractivity contribution in [3.63, 3.8) is 0 Å². The number of morpholine rings is 1. The summed E-state index contributed by atoms with van der Waals surface area (Å²) < 4.78 is 31.8. The molecule has 2 atom stereocenters. The zero-order chi connectivity index (χ0) is 19.4. The summed E-state index contributed by atoms with van der Waals surface area (Å²) in [5.41, 5.74) is 2.34. The largest absolute Gasteiger partial charge is 0.372 e. The third kappa shape index (κ3) is 5.11. The SMILES string of the molecule is CC1CN(C(=O)c2ccc(CNCc3ccc(F)c(F)c3)cc2)CC(C)O1. The third-order valence-corrected chi connectivity index (χ3v) is 4.55. The maximum Gasteiger partial charge on any atom is 0.254 e. The molecule has 27 heavy (non-hydrogen) atoms. The van der Waals surface area contributed by atoms with Crippen molar-refractivity contribution < 1.29 is 18.3 Å². The van der Waals surface area contributed by atoms with E-state index < -0.39 is 11.6 Å². The highest BCUT2D eigenvalue weighted by atomic mass is 19.2. The maximum absolute atomic E-state index is 13.2. The van der Waals surface area contributed by atoms with E-state index in [1.54, 1.807) is 6.07 Å². The monoisotopic (exact) mass is 374 g/mol. The Kier molecular flexibility index (Phi) is 6.19. The molecular formula is C21H24F2N2O2. The van der Waals surface area contributed by atoms with Crippen LogP contribution in [0.15, 0.2) is 42.5 Å². The van der Waals surface area contributed by atoms with Crippen LogP contribution in [0.2, 0.25) is 0 Å². The Labute approximate surface area is 158 Å². The van der Waals surface area contributed by atoms with Gasteiger partial charge >= 0.3 is 0 Å². The Morgan fingerprint density at radius 3 is 2.22 bits per heavy atom. The summed E-state index contributed by atoms with van der Waals surface area (Å²) in [4.78, 5) is 14.5. The fourth-order valence-electron chi connectivity index (χ4n) is 3.29. The van der Waals surface area contributed by atoms with Gasteiger partial charge in [-0.25, -0.2) is 8.78 Å². The lowest BCUT2D eigenvalue weighted by molar-refractivity contribution is -0.0586. The van der Waals surface area contributed by atoms with Crippen molar-refractivity contribution in [3.8, 4) is 0 Å². The van der Waals surface area contributed by atoms with E-state index in [0.29, 0.717) is 37.3 Å². The van der Waals surface area contributed by atoms with E-state index in [2.05, 4.69) is 5.32 Å². The number of halogens is 2. The molecule has 0 saturated carbocycles. The molecule has 4 nitrogen and oxygen atoms in total. The van der Waals surface area contributed by atoms with Gasteiger partial charge in [0.1, 0.15) is 0 Å². The Morgan fingerprint density at radius 1 is 1.00 bits per heavy atom. The van der Waals surface area contributed by atoms with Crippen LogP contribution in [0.25, 0.3) is 0 Å². The summed E-state index contributed by atoms with van der Waals surface area (Å²) in [6, 6.07) is 11.3. The predicted molar refractivity (Wildman–Crippen MR) is 99.3 cm³/mol. The molecule has 1 saturated heterocycles. The number of carbonyl (C=O) groups is 1. The van der Waals surface area contributed by atoms with Crippen LogP contribution >= 0.6 is 0 Å². The minimum Gasteiger partial charge on any atom is -0.372 e. The number of benzene rings is 2. The smallest absolute Gasteiger partial charge is 0.254 e. The van der Waals surface area contributed by atoms with Gasteiger partial charge in [0, 0.05) is 31.7 Å². The molecule has 1 amide bonds. The Bertz CT molecular complexity index is 785. The summed E-state index contributed by atoms with van der Waals surface area (Å²) in [5.74, 6) is -1.68. The number of nitrogens with one attached hydrogen (secondary N) is 1. The third-order valence-electron chi connectivity index (χ3n) is 4.55. The molecule has 1 heterocycles. The molecule has 3 rings (SSSR count). The molecule has 1 aliphatic heterocycles. The van der Waals surface area contributed by atoms with Gasteiger partial charge in [0.15, 0.2) is 11.6 Å². The molecule has 2 aromatic rings. The molecule has 2 aromatic carbocycles. The average molecular weight is 374 g/mol. The average Bonchev–Trinajstić information content (AvgIpc) is 2.64. The number of rotatable bonds is 5. The second-order valence-electron chi connectivity index (χ2n) is 7.02. The Morgan fingerprint density at radius 2 is 1.59 bits per heavy atom. The lowest BCUT2D eigenvalue weighted by Gasteiger charge is -2.35. The molecule has 1 N–H and O–H groups in total. The lowest BCUT2D eigenvalue weighted by atomic mass is 10.1. The molecule has 0 aliphatic carbocycles. The van der Waals surface area contributed by atoms with Gasteiger partial charge in [-0.1, -0.05) is 18.2 Å². The van der Waals surface area contributed by atoms with Crippen LogP contribution in [-0.4, -0.2) is 36.1 Å². The number of hydrogen-bond donors (Lipinski definition) is 1. The Balaban J connectivity index is 1.53. The first kappa shape index (κ1) is 19.5. The van der Waals surface area contributed by atoms with Crippen molar-refractivity contribution in [2.24, 2.45) is 0 Å². The standard InChI is InChI=1S/C21H24F2N2O2/c1-14-12-25(13-15(2)27-14)21(26)18-6-3-16(4-7-18)10-24-11-17-5-8-19(22)20(23)9-17/h3-9,14-15,24H,10-13H2,1-2H3. The van der Waals surface area contributed by atoms with Crippen LogP contribution in [0.3, 0.4) is 0 Å². The second-order valence-corrected chi connectivity index (χ2v) is 7.02. The van der Waals surface area contributed by atoms with Gasteiger partial charge in [0.2, 0.25) is 0 Å². The molecule has 0 radical (unpaired) electrons. The summed E-state index contributed by atoms with van der Waals surface area (Å²) in [6.45, 7) is 6.14. The van der Waals surface area contributed by atoms with Crippen molar-refractivity contribution >= 4 is 5.91 Å². The van der Waals surface area contributed by atoms with E-state index in [0.717, 1.165) is 11.6 Å². The van der Waals surface area contributed by atoms with E-state index in [1.807, 2.05) is 43.0 Å². The normalized spacial score (nSPS) is 19.9. The molecule has 1 fully saturated rings. The summed E-state index contributed by atoms with van der Waals surface area (Å²) in [7, 11) is 0. The fourth-order valence-corrected chi connectivity index (χ4v) is 3.29. The minimum atomic E-state index is -0.844. The van der Waals surface area contributed by atoms with Gasteiger partial charge in [-0.2, -0.15) is 0 Å². The van der Waals surface area contributed by atoms with Gasteiger partial charge in [-0.3, -0.25) is 4.79 Å². The van der Waals surface area contributed by atoms with Gasteiger partial charge in [-0.05, 0) is 49.2 Å². The van der Waals surface area contributed by atoms with Gasteiger partial charge in [0.05, 0.1) is 12.2 Å². The van der Waals surface area contributed by atoms with Crippen molar-refractivity contribution in [1.82, 2.24) is 10.2 Å². The van der Waals surface area contributed by atoms with Crippen molar-refractivity contribution in [3.05, 3.63) is 70.8 Å². The van der Waals surface area contributed by atoms with E-state index >= 15 is 0 Å². The zero-order valence-electron chi connectivity index (χ0n) is 15.5. The van der Waals surface area contributed by atoms with Crippen molar-refractivity contribution in [2.75, 3.05) is 13.1 Å². The highest BCUT2D eigenvalue weighted by Gasteiger charge is 2.26. The molecule has 1 aliphatic rings. The highest BCUT2D eigenvalue weighted by Crippen LogP contribution is 2.15. The molecule has 6 heteroatoms. The maximum atomic E-state index is 13.2. The van der Waals surface area contributed by atoms with Crippen LogP contribution in [0.4, 0.5) is 8.78 Å². The van der Waals surface area contributed by atoms with Crippen molar-refractivity contribution in [2.45, 2.75) is 39.1 Å². The zero-order valence-corrected chi connectivity index (χ0v) is 15.5. The highest BCUT2D eigenvalue weighted by molar-refractivity contribution is 5.94. The van der Waals surface area contributed by atoms with Crippen LogP contribution in [-0.2, 0) is 17.8 Å². The number of carbonyl (C=O) groups excluding carboxylic acids is 1. The van der Waals surface area contributed by atoms with E-state index in [1.165, 1.54) is 6.07 Å². The first-order valence-electron chi connectivity index (χ1n) is 9.10. The fraction of sp³-hybridized carbons (Fsp3) is 0.381.